The SMILES string of the molecule is COC(=O)NS(=O)(=O)NCCOCCBr. The first kappa shape index (κ1) is 14.6. The molecule has 0 aliphatic heterocycles. The van der Waals surface area contributed by atoms with E-state index in [1.807, 2.05) is 0 Å². The summed E-state index contributed by atoms with van der Waals surface area (Å²) in [4.78, 5) is 10.6. The van der Waals surface area contributed by atoms with Crippen LogP contribution in [0.1, 0.15) is 0 Å². The van der Waals surface area contributed by atoms with Crippen LogP contribution in [0, 0.1) is 0 Å². The van der Waals surface area contributed by atoms with Crippen LogP contribution in [0.3, 0.4) is 0 Å². The van der Waals surface area contributed by atoms with E-state index in [4.69, 9.17) is 4.74 Å². The van der Waals surface area contributed by atoms with E-state index in [-0.39, 0.29) is 13.2 Å². The van der Waals surface area contributed by atoms with Crippen LogP contribution < -0.4 is 9.44 Å². The molecule has 0 aliphatic carbocycles. The molecule has 0 aromatic carbocycles. The Balaban J connectivity index is 3.70. The first-order chi connectivity index (χ1) is 7.02. The number of carbonyl (C=O) groups excluding carboxylic acids is 1. The number of ether oxygens (including phenoxy) is 2. The Morgan fingerprint density at radius 1 is 1.40 bits per heavy atom. The highest BCUT2D eigenvalue weighted by molar-refractivity contribution is 9.09. The van der Waals surface area contributed by atoms with Crippen molar-refractivity contribution in [1.29, 1.82) is 0 Å². The molecule has 7 nitrogen and oxygen atoms in total. The summed E-state index contributed by atoms with van der Waals surface area (Å²) in [6, 6.07) is 0. The van der Waals surface area contributed by atoms with Crippen molar-refractivity contribution in [2.75, 3.05) is 32.2 Å². The van der Waals surface area contributed by atoms with Crippen molar-refractivity contribution in [3.63, 3.8) is 0 Å². The monoisotopic (exact) mass is 304 g/mol. The summed E-state index contributed by atoms with van der Waals surface area (Å²) < 4.78 is 34.9. The third-order valence-electron chi connectivity index (χ3n) is 1.16. The number of methoxy groups -OCH3 is 1. The molecule has 9 heteroatoms. The number of halogens is 1. The zero-order valence-corrected chi connectivity index (χ0v) is 10.6. The fourth-order valence-electron chi connectivity index (χ4n) is 0.592. The molecule has 0 unspecified atom stereocenters. The maximum Gasteiger partial charge on any atom is 0.421 e. The quantitative estimate of drug-likeness (QED) is 0.492. The van der Waals surface area contributed by atoms with Crippen molar-refractivity contribution in [2.24, 2.45) is 0 Å². The second kappa shape index (κ2) is 7.85. The van der Waals surface area contributed by atoms with Crippen LogP contribution in [0.2, 0.25) is 0 Å². The minimum atomic E-state index is -3.85. The summed E-state index contributed by atoms with van der Waals surface area (Å²) in [7, 11) is -2.77. The topological polar surface area (TPSA) is 93.7 Å². The normalized spacial score (nSPS) is 11.1. The van der Waals surface area contributed by atoms with Gasteiger partial charge in [-0.2, -0.15) is 13.1 Å². The van der Waals surface area contributed by atoms with E-state index >= 15 is 0 Å². The highest BCUT2D eigenvalue weighted by Crippen LogP contribution is 1.83. The molecule has 0 saturated heterocycles. The van der Waals surface area contributed by atoms with Crippen LogP contribution in [0.15, 0.2) is 0 Å². The molecule has 0 aliphatic rings. The van der Waals surface area contributed by atoms with Gasteiger partial charge in [0, 0.05) is 11.9 Å². The van der Waals surface area contributed by atoms with Gasteiger partial charge in [-0.1, -0.05) is 15.9 Å². The lowest BCUT2D eigenvalue weighted by Crippen LogP contribution is -2.41. The minimum absolute atomic E-state index is 0.0827. The molecular formula is C6H13BrN2O5S. The van der Waals surface area contributed by atoms with Crippen LogP contribution in [0.4, 0.5) is 4.79 Å². The number of hydrogen-bond donors (Lipinski definition) is 2. The number of amides is 1. The fraction of sp³-hybridized carbons (Fsp3) is 0.833. The summed E-state index contributed by atoms with van der Waals surface area (Å²) >= 11 is 3.15. The Morgan fingerprint density at radius 2 is 2.07 bits per heavy atom. The molecule has 0 radical (unpaired) electrons. The van der Waals surface area contributed by atoms with Gasteiger partial charge in [0.05, 0.1) is 20.3 Å². The van der Waals surface area contributed by atoms with Crippen molar-refractivity contribution >= 4 is 32.2 Å². The average molecular weight is 305 g/mol. The third kappa shape index (κ3) is 8.60. The van der Waals surface area contributed by atoms with E-state index in [0.717, 1.165) is 7.11 Å². The van der Waals surface area contributed by atoms with E-state index in [2.05, 4.69) is 25.4 Å². The van der Waals surface area contributed by atoms with Crippen LogP contribution in [0.25, 0.3) is 0 Å². The molecule has 90 valence electrons. The minimum Gasteiger partial charge on any atom is -0.452 e. The summed E-state index contributed by atoms with van der Waals surface area (Å²) in [6.45, 7) is 0.805. The average Bonchev–Trinajstić information content (AvgIpc) is 2.16. The van der Waals surface area contributed by atoms with Crippen molar-refractivity contribution < 1.29 is 22.7 Å². The van der Waals surface area contributed by atoms with Gasteiger partial charge in [-0.3, -0.25) is 0 Å². The van der Waals surface area contributed by atoms with Crippen LogP contribution in [0.5, 0.6) is 0 Å². The van der Waals surface area contributed by atoms with Gasteiger partial charge in [0.1, 0.15) is 0 Å². The Hall–Kier alpha value is -0.380. The van der Waals surface area contributed by atoms with Gasteiger partial charge in [-0.15, -0.1) is 0 Å². The maximum atomic E-state index is 11.0. The molecule has 1 amide bonds. The van der Waals surface area contributed by atoms with E-state index < -0.39 is 16.3 Å². The molecule has 0 heterocycles. The number of carbonyl (C=O) groups is 1. The highest BCUT2D eigenvalue weighted by atomic mass is 79.9. The van der Waals surface area contributed by atoms with E-state index in [1.165, 1.54) is 0 Å². The Bertz CT molecular complexity index is 281. The molecule has 0 fully saturated rings. The van der Waals surface area contributed by atoms with Crippen molar-refractivity contribution in [3.8, 4) is 0 Å². The second-order valence-corrected chi connectivity index (χ2v) is 4.59. The first-order valence-corrected chi connectivity index (χ1v) is 6.61. The van der Waals surface area contributed by atoms with Crippen molar-refractivity contribution in [2.45, 2.75) is 0 Å². The zero-order valence-electron chi connectivity index (χ0n) is 8.16. The molecule has 0 saturated carbocycles. The lowest BCUT2D eigenvalue weighted by molar-refractivity contribution is 0.156. The maximum absolute atomic E-state index is 11.0. The van der Waals surface area contributed by atoms with E-state index in [1.54, 1.807) is 4.72 Å². The molecule has 15 heavy (non-hydrogen) atoms. The third-order valence-corrected chi connectivity index (χ3v) is 2.51. The number of nitrogens with one attached hydrogen (secondary N) is 2. The number of alkyl halides is 1. The van der Waals surface area contributed by atoms with E-state index in [0.29, 0.717) is 11.9 Å². The summed E-state index contributed by atoms with van der Waals surface area (Å²) in [5.41, 5.74) is 0. The Kier molecular flexibility index (Phi) is 7.65. The summed E-state index contributed by atoms with van der Waals surface area (Å²) in [6.07, 6.45) is -1.04. The van der Waals surface area contributed by atoms with Crippen LogP contribution in [-0.4, -0.2) is 46.7 Å². The largest absolute Gasteiger partial charge is 0.452 e. The zero-order chi connectivity index (χ0) is 11.7. The van der Waals surface area contributed by atoms with Crippen LogP contribution in [-0.2, 0) is 19.7 Å². The predicted molar refractivity (Wildman–Crippen MR) is 57.1 cm³/mol. The number of rotatable bonds is 7. The fourth-order valence-corrected chi connectivity index (χ4v) is 1.55. The molecular weight excluding hydrogens is 292 g/mol. The molecule has 0 spiro atoms. The van der Waals surface area contributed by atoms with Gasteiger partial charge in [0.25, 0.3) is 0 Å². The standard InChI is InChI=1S/C6H13BrN2O5S/c1-13-6(10)9-15(11,12)8-3-5-14-4-2-7/h8H,2-5H2,1H3,(H,9,10). The Labute approximate surface area is 96.8 Å². The predicted octanol–water partition coefficient (Wildman–Crippen LogP) is -0.412. The lowest BCUT2D eigenvalue weighted by Gasteiger charge is -2.07. The van der Waals surface area contributed by atoms with Gasteiger partial charge >= 0.3 is 16.3 Å². The molecule has 0 aromatic heterocycles. The summed E-state index contributed by atoms with van der Waals surface area (Å²) in [5.74, 6) is 0. The van der Waals surface area contributed by atoms with Gasteiger partial charge in [-0.05, 0) is 0 Å². The summed E-state index contributed by atoms with van der Waals surface area (Å²) in [5, 5.41) is 0.681. The van der Waals surface area contributed by atoms with Crippen LogP contribution >= 0.6 is 15.9 Å². The molecule has 2 N–H and O–H groups in total. The van der Waals surface area contributed by atoms with Gasteiger partial charge in [-0.25, -0.2) is 9.52 Å². The lowest BCUT2D eigenvalue weighted by atomic mass is 10.7. The van der Waals surface area contributed by atoms with Gasteiger partial charge < -0.3 is 9.47 Å². The molecule has 0 aromatic rings. The van der Waals surface area contributed by atoms with E-state index in [9.17, 15) is 13.2 Å². The molecule has 0 rings (SSSR count). The smallest absolute Gasteiger partial charge is 0.421 e. The van der Waals surface area contributed by atoms with Gasteiger partial charge in [0.15, 0.2) is 0 Å². The second-order valence-electron chi connectivity index (χ2n) is 2.29. The molecule has 0 bridgehead atoms. The van der Waals surface area contributed by atoms with Crippen molar-refractivity contribution in [3.05, 3.63) is 0 Å². The Morgan fingerprint density at radius 3 is 2.60 bits per heavy atom. The highest BCUT2D eigenvalue weighted by Gasteiger charge is 2.12. The first-order valence-electron chi connectivity index (χ1n) is 4.01. The van der Waals surface area contributed by atoms with Crippen molar-refractivity contribution in [1.82, 2.24) is 9.44 Å². The van der Waals surface area contributed by atoms with Gasteiger partial charge in [0.2, 0.25) is 0 Å². The number of hydrogen-bond acceptors (Lipinski definition) is 5. The molecule has 0 atom stereocenters.